The number of pyridine rings is 2. The van der Waals surface area contributed by atoms with Crippen LogP contribution in [0.3, 0.4) is 0 Å². The molecule has 0 unspecified atom stereocenters. The van der Waals surface area contributed by atoms with Crippen molar-refractivity contribution in [3.63, 3.8) is 0 Å². The molecule has 1 aromatic carbocycles. The molecule has 1 saturated heterocycles. The van der Waals surface area contributed by atoms with Crippen molar-refractivity contribution in [2.24, 2.45) is 0 Å². The lowest BCUT2D eigenvalue weighted by molar-refractivity contribution is -0.139. The topological polar surface area (TPSA) is 75.6 Å². The van der Waals surface area contributed by atoms with Crippen molar-refractivity contribution < 1.29 is 14.3 Å². The molecule has 0 radical (unpaired) electrons. The van der Waals surface area contributed by atoms with E-state index >= 15 is 0 Å². The van der Waals surface area contributed by atoms with E-state index in [4.69, 9.17) is 4.74 Å². The van der Waals surface area contributed by atoms with E-state index < -0.39 is 0 Å². The molecule has 3 heterocycles. The van der Waals surface area contributed by atoms with Gasteiger partial charge in [0.2, 0.25) is 5.91 Å². The summed E-state index contributed by atoms with van der Waals surface area (Å²) in [5.41, 5.74) is 1.76. The number of ether oxygens (including phenoxy) is 1. The molecule has 2 amide bonds. The van der Waals surface area contributed by atoms with Gasteiger partial charge in [-0.15, -0.1) is 0 Å². The van der Waals surface area contributed by atoms with Gasteiger partial charge in [0.1, 0.15) is 11.4 Å². The first-order valence-electron chi connectivity index (χ1n) is 9.12. The molecule has 142 valence electrons. The number of carbonyl (C=O) groups is 2. The molecule has 1 aliphatic heterocycles. The van der Waals surface area contributed by atoms with Crippen molar-refractivity contribution >= 4 is 22.7 Å². The summed E-state index contributed by atoms with van der Waals surface area (Å²) in [4.78, 5) is 34.4. The summed E-state index contributed by atoms with van der Waals surface area (Å²) >= 11 is 0. The quantitative estimate of drug-likeness (QED) is 0.699. The number of methoxy groups -OCH3 is 1. The number of para-hydroxylation sites is 1. The molecule has 0 saturated carbocycles. The average Bonchev–Trinajstić information content (AvgIpc) is 3.23. The normalized spacial score (nSPS) is 13.8. The number of fused-ring (bicyclic) bond motifs is 1. The Morgan fingerprint density at radius 2 is 1.93 bits per heavy atom. The van der Waals surface area contributed by atoms with Crippen LogP contribution in [0.1, 0.15) is 22.5 Å². The summed E-state index contributed by atoms with van der Waals surface area (Å²) < 4.78 is 5.44. The van der Waals surface area contributed by atoms with Crippen molar-refractivity contribution in [3.8, 4) is 5.75 Å². The van der Waals surface area contributed by atoms with Crippen molar-refractivity contribution in [1.82, 2.24) is 20.0 Å². The van der Waals surface area contributed by atoms with Crippen LogP contribution in [0, 0.1) is 0 Å². The van der Waals surface area contributed by atoms with E-state index in [1.165, 1.54) is 10.0 Å². The number of nitrogens with zero attached hydrogens (tertiary/aromatic N) is 4. The molecule has 4 rings (SSSR count). The molecule has 0 atom stereocenters. The molecular weight excluding hydrogens is 356 g/mol. The maximum atomic E-state index is 13.1. The molecular formula is C21H20N4O3. The highest BCUT2D eigenvalue weighted by Crippen LogP contribution is 2.26. The van der Waals surface area contributed by atoms with E-state index in [1.807, 2.05) is 30.3 Å². The Hall–Kier alpha value is -3.48. The third kappa shape index (κ3) is 3.38. The standard InChI is InChI=1S/C21H20N4O3/c1-28-19-13-18(23-17-8-3-2-7-16(17)19)21(27)25-11-5-10-24(25)20(26)12-15-6-4-9-22-14-15/h2-4,6-9,13-14H,5,10-12H2,1H3. The highest BCUT2D eigenvalue weighted by Gasteiger charge is 2.32. The molecule has 1 aliphatic rings. The summed E-state index contributed by atoms with van der Waals surface area (Å²) in [6.07, 6.45) is 4.26. The maximum Gasteiger partial charge on any atom is 0.291 e. The minimum Gasteiger partial charge on any atom is -0.496 e. The van der Waals surface area contributed by atoms with Crippen molar-refractivity contribution in [3.05, 3.63) is 66.1 Å². The van der Waals surface area contributed by atoms with Crippen molar-refractivity contribution in [1.29, 1.82) is 0 Å². The lowest BCUT2D eigenvalue weighted by atomic mass is 10.1. The smallest absolute Gasteiger partial charge is 0.291 e. The fourth-order valence-electron chi connectivity index (χ4n) is 3.40. The predicted molar refractivity (Wildman–Crippen MR) is 104 cm³/mol. The van der Waals surface area contributed by atoms with Crippen LogP contribution in [-0.4, -0.2) is 52.0 Å². The number of benzene rings is 1. The molecule has 2 aromatic heterocycles. The first kappa shape index (κ1) is 17.9. The van der Waals surface area contributed by atoms with Crippen LogP contribution in [0.15, 0.2) is 54.9 Å². The summed E-state index contributed by atoms with van der Waals surface area (Å²) in [7, 11) is 1.57. The second-order valence-corrected chi connectivity index (χ2v) is 6.56. The van der Waals surface area contributed by atoms with E-state index in [0.717, 1.165) is 17.4 Å². The Morgan fingerprint density at radius 1 is 1.11 bits per heavy atom. The highest BCUT2D eigenvalue weighted by molar-refractivity contribution is 5.98. The Bertz CT molecular complexity index is 1020. The van der Waals surface area contributed by atoms with Crippen LogP contribution in [0.5, 0.6) is 5.75 Å². The fourth-order valence-corrected chi connectivity index (χ4v) is 3.40. The molecule has 1 fully saturated rings. The second-order valence-electron chi connectivity index (χ2n) is 6.56. The molecule has 0 aliphatic carbocycles. The van der Waals surface area contributed by atoms with E-state index in [1.54, 1.807) is 31.6 Å². The SMILES string of the molecule is COc1cc(C(=O)N2CCCN2C(=O)Cc2cccnc2)nc2ccccc12. The number of rotatable bonds is 4. The van der Waals surface area contributed by atoms with Gasteiger partial charge in [-0.1, -0.05) is 18.2 Å². The number of hydrogen-bond acceptors (Lipinski definition) is 5. The summed E-state index contributed by atoms with van der Waals surface area (Å²) in [5.74, 6) is 0.147. The third-order valence-electron chi connectivity index (χ3n) is 4.75. The van der Waals surface area contributed by atoms with Gasteiger partial charge in [0.25, 0.3) is 5.91 Å². The third-order valence-corrected chi connectivity index (χ3v) is 4.75. The zero-order chi connectivity index (χ0) is 19.5. The minimum atomic E-state index is -0.305. The number of hydrogen-bond donors (Lipinski definition) is 0. The van der Waals surface area contributed by atoms with Gasteiger partial charge in [0, 0.05) is 36.9 Å². The first-order valence-corrected chi connectivity index (χ1v) is 9.12. The van der Waals surface area contributed by atoms with E-state index in [2.05, 4.69) is 9.97 Å². The molecule has 0 N–H and O–H groups in total. The van der Waals surface area contributed by atoms with Gasteiger partial charge in [-0.05, 0) is 30.2 Å². The van der Waals surface area contributed by atoms with Crippen molar-refractivity contribution in [2.45, 2.75) is 12.8 Å². The molecule has 28 heavy (non-hydrogen) atoms. The lowest BCUT2D eigenvalue weighted by Crippen LogP contribution is -2.45. The summed E-state index contributed by atoms with van der Waals surface area (Å²) in [6.45, 7) is 0.990. The zero-order valence-electron chi connectivity index (χ0n) is 15.5. The van der Waals surface area contributed by atoms with Crippen LogP contribution in [0.4, 0.5) is 0 Å². The van der Waals surface area contributed by atoms with Crippen LogP contribution in [0.2, 0.25) is 0 Å². The van der Waals surface area contributed by atoms with Crippen LogP contribution >= 0.6 is 0 Å². The minimum absolute atomic E-state index is 0.133. The second kappa shape index (κ2) is 7.64. The number of aromatic nitrogens is 2. The van der Waals surface area contributed by atoms with Gasteiger partial charge in [0.15, 0.2) is 0 Å². The maximum absolute atomic E-state index is 13.1. The Labute approximate surface area is 162 Å². The zero-order valence-corrected chi connectivity index (χ0v) is 15.5. The first-order chi connectivity index (χ1) is 13.7. The fraction of sp³-hybridized carbons (Fsp3) is 0.238. The van der Waals surface area contributed by atoms with Crippen molar-refractivity contribution in [2.75, 3.05) is 20.2 Å². The van der Waals surface area contributed by atoms with Gasteiger partial charge in [-0.3, -0.25) is 19.6 Å². The van der Waals surface area contributed by atoms with Gasteiger partial charge in [-0.25, -0.2) is 9.99 Å². The van der Waals surface area contributed by atoms with E-state index in [9.17, 15) is 9.59 Å². The van der Waals surface area contributed by atoms with Crippen LogP contribution in [0.25, 0.3) is 10.9 Å². The highest BCUT2D eigenvalue weighted by atomic mass is 16.5. The van der Waals surface area contributed by atoms with Gasteiger partial charge in [-0.2, -0.15) is 0 Å². The number of carbonyl (C=O) groups excluding carboxylic acids is 2. The number of amides is 2. The number of hydrazine groups is 1. The summed E-state index contributed by atoms with van der Waals surface area (Å²) in [6, 6.07) is 12.8. The Balaban J connectivity index is 1.60. The van der Waals surface area contributed by atoms with Gasteiger partial charge >= 0.3 is 0 Å². The Kier molecular flexibility index (Phi) is 4.89. The lowest BCUT2D eigenvalue weighted by Gasteiger charge is -2.27. The largest absolute Gasteiger partial charge is 0.496 e. The predicted octanol–water partition coefficient (Wildman–Crippen LogP) is 2.47. The summed E-state index contributed by atoms with van der Waals surface area (Å²) in [5, 5.41) is 3.83. The average molecular weight is 376 g/mol. The Morgan fingerprint density at radius 3 is 2.71 bits per heavy atom. The monoisotopic (exact) mass is 376 g/mol. The molecule has 0 bridgehead atoms. The van der Waals surface area contributed by atoms with Gasteiger partial charge < -0.3 is 4.74 Å². The molecule has 7 heteroatoms. The molecule has 3 aromatic rings. The molecule has 7 nitrogen and oxygen atoms in total. The van der Waals surface area contributed by atoms with Crippen LogP contribution < -0.4 is 4.74 Å². The van der Waals surface area contributed by atoms with E-state index in [0.29, 0.717) is 24.4 Å². The van der Waals surface area contributed by atoms with E-state index in [-0.39, 0.29) is 23.9 Å². The van der Waals surface area contributed by atoms with Gasteiger partial charge in [0.05, 0.1) is 19.0 Å². The van der Waals surface area contributed by atoms with Crippen LogP contribution in [-0.2, 0) is 11.2 Å². The molecule has 0 spiro atoms.